The van der Waals surface area contributed by atoms with Crippen LogP contribution in [0.3, 0.4) is 0 Å². The molecule has 0 aliphatic carbocycles. The molecule has 17 heavy (non-hydrogen) atoms. The van der Waals surface area contributed by atoms with Gasteiger partial charge in [-0.1, -0.05) is 0 Å². The Labute approximate surface area is 103 Å². The molecule has 0 aromatic carbocycles. The summed E-state index contributed by atoms with van der Waals surface area (Å²) in [6, 6.07) is 0. The van der Waals surface area contributed by atoms with Gasteiger partial charge in [-0.2, -0.15) is 0 Å². The summed E-state index contributed by atoms with van der Waals surface area (Å²) >= 11 is 0. The van der Waals surface area contributed by atoms with E-state index in [1.807, 2.05) is 20.8 Å². The summed E-state index contributed by atoms with van der Waals surface area (Å²) in [5, 5.41) is 0. The smallest absolute Gasteiger partial charge is 0.410 e. The maximum Gasteiger partial charge on any atom is 0.410 e. The van der Waals surface area contributed by atoms with E-state index in [0.29, 0.717) is 38.6 Å². The first-order chi connectivity index (χ1) is 7.92. The second-order valence-electron chi connectivity index (χ2n) is 5.28. The minimum Gasteiger partial charge on any atom is -0.444 e. The number of hydrogen-bond acceptors (Lipinski definition) is 3. The van der Waals surface area contributed by atoms with E-state index in [1.165, 1.54) is 0 Å². The number of carbonyl (C=O) groups excluding carboxylic acids is 1. The summed E-state index contributed by atoms with van der Waals surface area (Å²) in [6.45, 7) is 8.29. The molecule has 0 N–H and O–H groups in total. The lowest BCUT2D eigenvalue weighted by Crippen LogP contribution is -2.53. The number of rotatable bonds is 4. The first kappa shape index (κ1) is 13.9. The van der Waals surface area contributed by atoms with Crippen molar-refractivity contribution in [3.8, 4) is 12.3 Å². The maximum atomic E-state index is 11.6. The van der Waals surface area contributed by atoms with Gasteiger partial charge in [-0.25, -0.2) is 4.79 Å². The van der Waals surface area contributed by atoms with E-state index in [4.69, 9.17) is 15.9 Å². The molecule has 1 amide bonds. The van der Waals surface area contributed by atoms with Crippen molar-refractivity contribution in [3.05, 3.63) is 0 Å². The average Bonchev–Trinajstić information content (AvgIpc) is 2.11. The summed E-state index contributed by atoms with van der Waals surface area (Å²) in [6.07, 6.45) is 5.52. The number of hydrogen-bond donors (Lipinski definition) is 0. The Morgan fingerprint density at radius 1 is 1.47 bits per heavy atom. The Hall–Kier alpha value is -1.21. The highest BCUT2D eigenvalue weighted by atomic mass is 16.6. The van der Waals surface area contributed by atoms with Gasteiger partial charge in [-0.15, -0.1) is 12.3 Å². The third kappa shape index (κ3) is 5.10. The molecule has 0 aromatic heterocycles. The molecule has 4 nitrogen and oxygen atoms in total. The Balaban J connectivity index is 2.11. The molecular weight excluding hydrogens is 218 g/mol. The molecule has 96 valence electrons. The number of likely N-dealkylation sites (tertiary alicyclic amines) is 1. The van der Waals surface area contributed by atoms with Crippen LogP contribution in [-0.4, -0.2) is 42.9 Å². The summed E-state index contributed by atoms with van der Waals surface area (Å²) in [5.74, 6) is 2.94. The molecule has 0 radical (unpaired) electrons. The van der Waals surface area contributed by atoms with E-state index >= 15 is 0 Å². The zero-order chi connectivity index (χ0) is 12.9. The fourth-order valence-electron chi connectivity index (χ4n) is 1.53. The number of terminal acetylenes is 1. The van der Waals surface area contributed by atoms with Gasteiger partial charge in [0, 0.05) is 25.4 Å². The highest BCUT2D eigenvalue weighted by Gasteiger charge is 2.33. The van der Waals surface area contributed by atoms with Gasteiger partial charge in [0.2, 0.25) is 0 Å². The molecule has 1 aliphatic heterocycles. The molecule has 1 aliphatic rings. The number of amides is 1. The lowest BCUT2D eigenvalue weighted by molar-refractivity contribution is -0.0196. The molecule has 4 heteroatoms. The van der Waals surface area contributed by atoms with Gasteiger partial charge in [0.25, 0.3) is 0 Å². The minimum absolute atomic E-state index is 0.239. The predicted octanol–water partition coefficient (Wildman–Crippen LogP) is 1.89. The van der Waals surface area contributed by atoms with E-state index in [9.17, 15) is 4.79 Å². The van der Waals surface area contributed by atoms with Crippen molar-refractivity contribution in [2.75, 3.05) is 26.3 Å². The zero-order valence-corrected chi connectivity index (χ0v) is 10.9. The van der Waals surface area contributed by atoms with Crippen LogP contribution in [0.15, 0.2) is 0 Å². The van der Waals surface area contributed by atoms with Crippen LogP contribution in [0, 0.1) is 18.3 Å². The summed E-state index contributed by atoms with van der Waals surface area (Å²) in [7, 11) is 0. The number of carbonyl (C=O) groups is 1. The lowest BCUT2D eigenvalue weighted by atomic mass is 10.0. The second kappa shape index (κ2) is 5.92. The van der Waals surface area contributed by atoms with Crippen molar-refractivity contribution in [1.29, 1.82) is 0 Å². The molecule has 0 unspecified atom stereocenters. The van der Waals surface area contributed by atoms with Crippen LogP contribution < -0.4 is 0 Å². The average molecular weight is 239 g/mol. The number of nitrogens with zero attached hydrogens (tertiary/aromatic N) is 1. The Bertz CT molecular complexity index is 295. The maximum absolute atomic E-state index is 11.6. The van der Waals surface area contributed by atoms with Crippen LogP contribution in [0.4, 0.5) is 4.79 Å². The molecule has 1 saturated heterocycles. The van der Waals surface area contributed by atoms with E-state index in [2.05, 4.69) is 5.92 Å². The predicted molar refractivity (Wildman–Crippen MR) is 65.6 cm³/mol. The molecule has 0 bridgehead atoms. The van der Waals surface area contributed by atoms with Gasteiger partial charge >= 0.3 is 6.09 Å². The van der Waals surface area contributed by atoms with Crippen LogP contribution in [0.2, 0.25) is 0 Å². The molecule has 1 fully saturated rings. The molecular formula is C13H21NO3. The standard InChI is InChI=1S/C13H21NO3/c1-5-6-7-16-10-11-8-14(9-11)12(15)17-13(2,3)4/h1,11H,6-10H2,2-4H3. The molecule has 1 rings (SSSR count). The van der Waals surface area contributed by atoms with E-state index in [1.54, 1.807) is 4.90 Å². The van der Waals surface area contributed by atoms with Crippen molar-refractivity contribution in [1.82, 2.24) is 4.90 Å². The van der Waals surface area contributed by atoms with Gasteiger partial charge in [0.05, 0.1) is 13.2 Å². The van der Waals surface area contributed by atoms with Crippen molar-refractivity contribution >= 4 is 6.09 Å². The Kier molecular flexibility index (Phi) is 4.83. The molecule has 0 aromatic rings. The molecule has 0 saturated carbocycles. The second-order valence-corrected chi connectivity index (χ2v) is 5.28. The third-order valence-electron chi connectivity index (χ3n) is 2.35. The Morgan fingerprint density at radius 2 is 2.12 bits per heavy atom. The van der Waals surface area contributed by atoms with Crippen LogP contribution in [0.25, 0.3) is 0 Å². The normalized spacial score (nSPS) is 16.2. The van der Waals surface area contributed by atoms with Crippen molar-refractivity contribution < 1.29 is 14.3 Å². The van der Waals surface area contributed by atoms with E-state index in [-0.39, 0.29) is 6.09 Å². The monoisotopic (exact) mass is 239 g/mol. The molecule has 1 heterocycles. The first-order valence-corrected chi connectivity index (χ1v) is 5.91. The fraction of sp³-hybridized carbons (Fsp3) is 0.769. The SMILES string of the molecule is C#CCCOCC1CN(C(=O)OC(C)(C)C)C1. The minimum atomic E-state index is -0.425. The van der Waals surface area contributed by atoms with Crippen LogP contribution in [-0.2, 0) is 9.47 Å². The largest absolute Gasteiger partial charge is 0.444 e. The van der Waals surface area contributed by atoms with E-state index in [0.717, 1.165) is 0 Å². The highest BCUT2D eigenvalue weighted by Crippen LogP contribution is 2.19. The Morgan fingerprint density at radius 3 is 2.65 bits per heavy atom. The van der Waals surface area contributed by atoms with Crippen LogP contribution in [0.1, 0.15) is 27.2 Å². The third-order valence-corrected chi connectivity index (χ3v) is 2.35. The first-order valence-electron chi connectivity index (χ1n) is 5.91. The summed E-state index contributed by atoms with van der Waals surface area (Å²) < 4.78 is 10.6. The zero-order valence-electron chi connectivity index (χ0n) is 10.9. The highest BCUT2D eigenvalue weighted by molar-refractivity contribution is 5.69. The molecule has 0 atom stereocenters. The van der Waals surface area contributed by atoms with Crippen molar-refractivity contribution in [2.45, 2.75) is 32.8 Å². The van der Waals surface area contributed by atoms with E-state index < -0.39 is 5.60 Å². The van der Waals surface area contributed by atoms with Crippen molar-refractivity contribution in [3.63, 3.8) is 0 Å². The van der Waals surface area contributed by atoms with Gasteiger partial charge in [-0.05, 0) is 20.8 Å². The summed E-state index contributed by atoms with van der Waals surface area (Å²) in [5.41, 5.74) is -0.425. The van der Waals surface area contributed by atoms with Crippen LogP contribution in [0.5, 0.6) is 0 Å². The molecule has 0 spiro atoms. The van der Waals surface area contributed by atoms with Crippen molar-refractivity contribution in [2.24, 2.45) is 5.92 Å². The lowest BCUT2D eigenvalue weighted by Gasteiger charge is -2.39. The van der Waals surface area contributed by atoms with Crippen LogP contribution >= 0.6 is 0 Å². The quantitative estimate of drug-likeness (QED) is 0.555. The van der Waals surface area contributed by atoms with Gasteiger partial charge < -0.3 is 14.4 Å². The number of ether oxygens (including phenoxy) is 2. The van der Waals surface area contributed by atoms with Gasteiger partial charge in [0.15, 0.2) is 0 Å². The summed E-state index contributed by atoms with van der Waals surface area (Å²) in [4.78, 5) is 13.3. The topological polar surface area (TPSA) is 38.8 Å². The fourth-order valence-corrected chi connectivity index (χ4v) is 1.53. The van der Waals surface area contributed by atoms with Gasteiger partial charge in [-0.3, -0.25) is 0 Å². The van der Waals surface area contributed by atoms with Gasteiger partial charge in [0.1, 0.15) is 5.60 Å².